The van der Waals surface area contributed by atoms with Crippen LogP contribution in [-0.4, -0.2) is 79.2 Å². The van der Waals surface area contributed by atoms with E-state index in [9.17, 15) is 23.1 Å². The molecule has 164 valence electrons. The Hall–Kier alpha value is -1.49. The number of sulfone groups is 1. The topological polar surface area (TPSA) is 132 Å². The van der Waals surface area contributed by atoms with E-state index in [1.54, 1.807) is 0 Å². The van der Waals surface area contributed by atoms with E-state index in [0.29, 0.717) is 12.0 Å². The third-order valence-electron chi connectivity index (χ3n) is 8.17. The molecule has 0 amide bonds. The molecular weight excluding hydrogens is 416 g/mol. The summed E-state index contributed by atoms with van der Waals surface area (Å²) in [5, 5.41) is 11.1. The molecule has 10 heteroatoms. The number of hydrogen-bond acceptors (Lipinski definition) is 9. The molecular formula is C20H24O9S. The maximum Gasteiger partial charge on any atom is 0.331 e. The molecule has 4 heterocycles. The van der Waals surface area contributed by atoms with E-state index in [-0.39, 0.29) is 24.1 Å². The van der Waals surface area contributed by atoms with Gasteiger partial charge < -0.3 is 24.1 Å². The van der Waals surface area contributed by atoms with E-state index in [1.165, 1.54) is 13.0 Å². The first-order valence-corrected chi connectivity index (χ1v) is 12.2. The highest BCUT2D eigenvalue weighted by atomic mass is 32.2. The lowest BCUT2D eigenvalue weighted by molar-refractivity contribution is -0.168. The zero-order valence-electron chi connectivity index (χ0n) is 17.1. The van der Waals surface area contributed by atoms with Gasteiger partial charge in [-0.15, -0.1) is 0 Å². The minimum Gasteiger partial charge on any atom is -0.459 e. The predicted octanol–water partition coefficient (Wildman–Crippen LogP) is -0.490. The lowest BCUT2D eigenvalue weighted by atomic mass is 9.47. The third-order valence-corrected chi connectivity index (χ3v) is 9.28. The van der Waals surface area contributed by atoms with Crippen molar-refractivity contribution in [1.29, 1.82) is 0 Å². The van der Waals surface area contributed by atoms with E-state index in [2.05, 4.69) is 0 Å². The number of fused-ring (bicyclic) bond motifs is 4. The van der Waals surface area contributed by atoms with Crippen LogP contribution in [0.1, 0.15) is 27.2 Å². The van der Waals surface area contributed by atoms with Crippen LogP contribution in [0.3, 0.4) is 0 Å². The van der Waals surface area contributed by atoms with Crippen LogP contribution in [0.15, 0.2) is 11.6 Å². The Kier molecular flexibility index (Phi) is 3.17. The maximum absolute atomic E-state index is 12.9. The van der Waals surface area contributed by atoms with Gasteiger partial charge in [-0.25, -0.2) is 13.2 Å². The Bertz CT molecular complexity index is 1050. The second-order valence-electron chi connectivity index (χ2n) is 10.5. The number of epoxide rings is 2. The molecule has 5 fully saturated rings. The van der Waals surface area contributed by atoms with Gasteiger partial charge in [-0.3, -0.25) is 4.79 Å². The summed E-state index contributed by atoms with van der Waals surface area (Å²) >= 11 is 0. The standard InChI is InChI=1S/C20H24O9S/c1-17-6-8-13(26-8)19(3)12(17)11(28-16(19)22)14-20(29-14)9(17)5-10(21)27-15(20)18(2,23)7-30(4,24)25/h5,8,11-15,23H,6-7H2,1-4H3/t8-,11-,12+,13-,14?,15?,17+,18-,19+,20-/m0/s1. The van der Waals surface area contributed by atoms with Crippen LogP contribution in [0.25, 0.3) is 0 Å². The van der Waals surface area contributed by atoms with Crippen molar-refractivity contribution in [2.45, 2.75) is 68.9 Å². The number of rotatable bonds is 3. The molecule has 9 nitrogen and oxygen atoms in total. The van der Waals surface area contributed by atoms with Crippen molar-refractivity contribution in [3.05, 3.63) is 11.6 Å². The van der Waals surface area contributed by atoms with Crippen LogP contribution in [-0.2, 0) is 38.4 Å². The van der Waals surface area contributed by atoms with E-state index >= 15 is 0 Å². The number of carbonyl (C=O) groups excluding carboxylic acids is 2. The highest BCUT2D eigenvalue weighted by Crippen LogP contribution is 2.75. The first-order chi connectivity index (χ1) is 13.7. The Morgan fingerprint density at radius 1 is 1.23 bits per heavy atom. The maximum atomic E-state index is 12.9. The number of aliphatic hydroxyl groups is 1. The van der Waals surface area contributed by atoms with Crippen molar-refractivity contribution in [2.24, 2.45) is 16.7 Å². The zero-order valence-corrected chi connectivity index (χ0v) is 17.9. The molecule has 2 unspecified atom stereocenters. The zero-order chi connectivity index (χ0) is 21.6. The number of hydrogen-bond donors (Lipinski definition) is 1. The molecule has 0 aromatic carbocycles. The summed E-state index contributed by atoms with van der Waals surface area (Å²) in [6.07, 6.45) is 0.231. The number of cyclic esters (lactones) is 1. The molecule has 6 aliphatic rings. The van der Waals surface area contributed by atoms with Crippen LogP contribution in [0.5, 0.6) is 0 Å². The monoisotopic (exact) mass is 440 g/mol. The van der Waals surface area contributed by atoms with Crippen LogP contribution >= 0.6 is 0 Å². The fraction of sp³-hybridized carbons (Fsp3) is 0.800. The summed E-state index contributed by atoms with van der Waals surface area (Å²) in [7, 11) is -3.59. The Morgan fingerprint density at radius 3 is 2.60 bits per heavy atom. The highest BCUT2D eigenvalue weighted by molar-refractivity contribution is 7.90. The molecule has 2 saturated carbocycles. The Labute approximate surface area is 173 Å². The lowest BCUT2D eigenvalue weighted by Gasteiger charge is -2.53. The average Bonchev–Trinajstić information content (AvgIpc) is 3.47. The largest absolute Gasteiger partial charge is 0.459 e. The van der Waals surface area contributed by atoms with Crippen molar-refractivity contribution < 1.29 is 42.1 Å². The molecule has 6 rings (SSSR count). The normalized spacial score (nSPS) is 54.4. The minimum absolute atomic E-state index is 0.122. The van der Waals surface area contributed by atoms with Gasteiger partial charge in [0.1, 0.15) is 39.2 Å². The second-order valence-corrected chi connectivity index (χ2v) is 12.6. The average molecular weight is 440 g/mol. The highest BCUT2D eigenvalue weighted by Gasteiger charge is 2.87. The Morgan fingerprint density at radius 2 is 1.93 bits per heavy atom. The molecule has 30 heavy (non-hydrogen) atoms. The van der Waals surface area contributed by atoms with Crippen molar-refractivity contribution >= 4 is 21.8 Å². The van der Waals surface area contributed by atoms with Gasteiger partial charge in [-0.05, 0) is 25.8 Å². The van der Waals surface area contributed by atoms with Gasteiger partial charge >= 0.3 is 11.9 Å². The molecule has 0 aromatic rings. The van der Waals surface area contributed by atoms with Crippen LogP contribution in [0, 0.1) is 16.7 Å². The van der Waals surface area contributed by atoms with Crippen LogP contribution < -0.4 is 0 Å². The number of ether oxygens (including phenoxy) is 4. The molecule has 0 aromatic heterocycles. The second kappa shape index (κ2) is 4.95. The van der Waals surface area contributed by atoms with E-state index in [0.717, 1.165) is 6.26 Å². The predicted molar refractivity (Wildman–Crippen MR) is 98.8 cm³/mol. The van der Waals surface area contributed by atoms with Gasteiger partial charge in [-0.2, -0.15) is 0 Å². The van der Waals surface area contributed by atoms with Gasteiger partial charge in [-0.1, -0.05) is 6.92 Å². The summed E-state index contributed by atoms with van der Waals surface area (Å²) in [6.45, 7) is 5.17. The summed E-state index contributed by atoms with van der Waals surface area (Å²) in [5.74, 6) is -1.85. The fourth-order valence-corrected chi connectivity index (χ4v) is 8.53. The van der Waals surface area contributed by atoms with Crippen LogP contribution in [0.2, 0.25) is 0 Å². The summed E-state index contributed by atoms with van der Waals surface area (Å²) in [6, 6.07) is 0. The first-order valence-electron chi connectivity index (χ1n) is 10.1. The molecule has 1 spiro atoms. The minimum atomic E-state index is -3.59. The number of esters is 2. The van der Waals surface area contributed by atoms with Crippen molar-refractivity contribution in [2.75, 3.05) is 12.0 Å². The first kappa shape index (κ1) is 19.2. The number of carbonyl (C=O) groups is 2. The van der Waals surface area contributed by atoms with Crippen LogP contribution in [0.4, 0.5) is 0 Å². The molecule has 0 radical (unpaired) electrons. The quantitative estimate of drug-likeness (QED) is 0.456. The smallest absolute Gasteiger partial charge is 0.331 e. The summed E-state index contributed by atoms with van der Waals surface area (Å²) < 4.78 is 47.2. The van der Waals surface area contributed by atoms with Gasteiger partial charge in [0, 0.05) is 23.7 Å². The van der Waals surface area contributed by atoms with E-state index < -0.39 is 61.9 Å². The van der Waals surface area contributed by atoms with Gasteiger partial charge in [0.15, 0.2) is 11.7 Å². The fourth-order valence-electron chi connectivity index (χ4n) is 7.32. The third kappa shape index (κ3) is 2.02. The van der Waals surface area contributed by atoms with E-state index in [4.69, 9.17) is 18.9 Å². The molecule has 10 atom stereocenters. The molecule has 0 bridgehead atoms. The SMILES string of the molecule is C[C@]12C(=O)O[C@@H]3C4O[C@@]45C(=CC(=O)OC5[C@@](C)(O)CS(C)(=O)=O)[C@@](C)(C[C@@H]4O[C@@H]41)[C@@H]32. The molecule has 2 aliphatic carbocycles. The lowest BCUT2D eigenvalue weighted by Crippen LogP contribution is -2.65. The van der Waals surface area contributed by atoms with Gasteiger partial charge in [0.25, 0.3) is 0 Å². The van der Waals surface area contributed by atoms with Gasteiger partial charge in [0.2, 0.25) is 0 Å². The Balaban J connectivity index is 1.51. The molecule has 1 N–H and O–H groups in total. The molecule has 3 saturated heterocycles. The van der Waals surface area contributed by atoms with Crippen molar-refractivity contribution in [3.63, 3.8) is 0 Å². The van der Waals surface area contributed by atoms with Gasteiger partial charge in [0.05, 0.1) is 11.9 Å². The molecule has 4 aliphatic heterocycles. The summed E-state index contributed by atoms with van der Waals surface area (Å²) in [5.41, 5.74) is -3.96. The van der Waals surface area contributed by atoms with Crippen molar-refractivity contribution in [1.82, 2.24) is 0 Å². The summed E-state index contributed by atoms with van der Waals surface area (Å²) in [4.78, 5) is 25.5. The van der Waals surface area contributed by atoms with Crippen molar-refractivity contribution in [3.8, 4) is 0 Å². The van der Waals surface area contributed by atoms with E-state index in [1.807, 2.05) is 13.8 Å².